The van der Waals surface area contributed by atoms with Gasteiger partial charge in [0, 0.05) is 24.2 Å². The van der Waals surface area contributed by atoms with E-state index in [2.05, 4.69) is 5.32 Å². The summed E-state index contributed by atoms with van der Waals surface area (Å²) in [5.41, 5.74) is 8.10. The first-order chi connectivity index (χ1) is 9.74. The highest BCUT2D eigenvalue weighted by molar-refractivity contribution is 5.94. The lowest BCUT2D eigenvalue weighted by atomic mass is 10.1. The number of amides is 1. The molecular weight excluding hydrogens is 252 g/mol. The van der Waals surface area contributed by atoms with Gasteiger partial charge in [0.05, 0.1) is 7.11 Å². The number of nitrogens with one attached hydrogen (secondary N) is 1. The molecule has 0 bridgehead atoms. The summed E-state index contributed by atoms with van der Waals surface area (Å²) in [4.78, 5) is 12.0. The summed E-state index contributed by atoms with van der Waals surface area (Å²) in [5, 5.41) is 2.88. The zero-order valence-electron chi connectivity index (χ0n) is 11.4. The van der Waals surface area contributed by atoms with E-state index < -0.39 is 0 Å². The van der Waals surface area contributed by atoms with Crippen LogP contribution in [0, 0.1) is 0 Å². The second-order valence-corrected chi connectivity index (χ2v) is 4.40. The zero-order valence-corrected chi connectivity index (χ0v) is 11.4. The summed E-state index contributed by atoms with van der Waals surface area (Å²) < 4.78 is 5.25. The summed E-state index contributed by atoms with van der Waals surface area (Å²) in [7, 11) is 1.62. The molecule has 0 aromatic heterocycles. The van der Waals surface area contributed by atoms with Crippen LogP contribution in [0.5, 0.6) is 5.75 Å². The van der Waals surface area contributed by atoms with Crippen molar-refractivity contribution in [2.45, 2.75) is 13.1 Å². The monoisotopic (exact) mass is 270 g/mol. The predicted octanol–water partition coefficient (Wildman–Crippen LogP) is 2.08. The second-order valence-electron chi connectivity index (χ2n) is 4.40. The molecule has 0 radical (unpaired) electrons. The zero-order chi connectivity index (χ0) is 14.4. The van der Waals surface area contributed by atoms with Crippen LogP contribution < -0.4 is 15.8 Å². The molecule has 0 aliphatic heterocycles. The Morgan fingerprint density at radius 1 is 1.15 bits per heavy atom. The van der Waals surface area contributed by atoms with Gasteiger partial charge in [0.25, 0.3) is 5.91 Å². The van der Waals surface area contributed by atoms with Crippen molar-refractivity contribution in [1.82, 2.24) is 5.32 Å². The lowest BCUT2D eigenvalue weighted by Crippen LogP contribution is -2.23. The quantitative estimate of drug-likeness (QED) is 0.874. The first-order valence-electron chi connectivity index (χ1n) is 6.43. The number of methoxy groups -OCH3 is 1. The van der Waals surface area contributed by atoms with Gasteiger partial charge in [-0.25, -0.2) is 0 Å². The van der Waals surface area contributed by atoms with E-state index in [9.17, 15) is 4.79 Å². The fraction of sp³-hybridized carbons (Fsp3) is 0.188. The molecule has 2 aromatic carbocycles. The van der Waals surface area contributed by atoms with Crippen LogP contribution >= 0.6 is 0 Å². The summed E-state index contributed by atoms with van der Waals surface area (Å²) in [6.07, 6.45) is 0. The Bertz CT molecular complexity index is 579. The molecule has 4 nitrogen and oxygen atoms in total. The molecule has 20 heavy (non-hydrogen) atoms. The molecule has 0 heterocycles. The average molecular weight is 270 g/mol. The number of nitrogens with two attached hydrogens (primary N) is 1. The Morgan fingerprint density at radius 2 is 1.85 bits per heavy atom. The van der Waals surface area contributed by atoms with Gasteiger partial charge in [-0.15, -0.1) is 0 Å². The SMILES string of the molecule is COc1ccccc1CNC(=O)c1ccc(CN)cc1. The average Bonchev–Trinajstić information content (AvgIpc) is 2.53. The van der Waals surface area contributed by atoms with Crippen molar-refractivity contribution in [1.29, 1.82) is 0 Å². The molecular formula is C16H18N2O2. The van der Waals surface area contributed by atoms with Gasteiger partial charge in [-0.05, 0) is 23.8 Å². The molecule has 2 rings (SSSR count). The molecule has 1 amide bonds. The molecule has 4 heteroatoms. The van der Waals surface area contributed by atoms with E-state index in [1.54, 1.807) is 19.2 Å². The van der Waals surface area contributed by atoms with Crippen molar-refractivity contribution in [2.24, 2.45) is 5.73 Å². The lowest BCUT2D eigenvalue weighted by molar-refractivity contribution is 0.0950. The fourth-order valence-electron chi connectivity index (χ4n) is 1.92. The van der Waals surface area contributed by atoms with Crippen LogP contribution in [0.3, 0.4) is 0 Å². The first-order valence-corrected chi connectivity index (χ1v) is 6.43. The summed E-state index contributed by atoms with van der Waals surface area (Å²) in [6, 6.07) is 14.9. The van der Waals surface area contributed by atoms with Crippen molar-refractivity contribution in [2.75, 3.05) is 7.11 Å². The number of para-hydroxylation sites is 1. The summed E-state index contributed by atoms with van der Waals surface area (Å²) in [5.74, 6) is 0.658. The number of ether oxygens (including phenoxy) is 1. The normalized spacial score (nSPS) is 10.1. The molecule has 0 unspecified atom stereocenters. The number of benzene rings is 2. The summed E-state index contributed by atoms with van der Waals surface area (Å²) >= 11 is 0. The number of rotatable bonds is 5. The van der Waals surface area contributed by atoms with Crippen molar-refractivity contribution >= 4 is 5.91 Å². The first kappa shape index (κ1) is 14.1. The highest BCUT2D eigenvalue weighted by atomic mass is 16.5. The number of hydrogen-bond donors (Lipinski definition) is 2. The minimum atomic E-state index is -0.112. The van der Waals surface area contributed by atoms with E-state index in [1.807, 2.05) is 36.4 Å². The molecule has 0 fully saturated rings. The van der Waals surface area contributed by atoms with Crippen LogP contribution in [0.4, 0.5) is 0 Å². The van der Waals surface area contributed by atoms with E-state index in [-0.39, 0.29) is 5.91 Å². The highest BCUT2D eigenvalue weighted by Crippen LogP contribution is 2.16. The van der Waals surface area contributed by atoms with Crippen LogP contribution in [-0.4, -0.2) is 13.0 Å². The van der Waals surface area contributed by atoms with Crippen LogP contribution in [0.1, 0.15) is 21.5 Å². The third kappa shape index (κ3) is 3.36. The molecule has 0 aliphatic rings. The topological polar surface area (TPSA) is 64.3 Å². The third-order valence-corrected chi connectivity index (χ3v) is 3.08. The van der Waals surface area contributed by atoms with E-state index in [1.165, 1.54) is 0 Å². The Kier molecular flexibility index (Phi) is 4.74. The molecule has 0 spiro atoms. The van der Waals surface area contributed by atoms with Gasteiger partial charge in [-0.1, -0.05) is 30.3 Å². The maximum atomic E-state index is 12.0. The van der Waals surface area contributed by atoms with Crippen LogP contribution in [0.15, 0.2) is 48.5 Å². The van der Waals surface area contributed by atoms with Gasteiger partial charge in [0.2, 0.25) is 0 Å². The molecule has 2 aromatic rings. The minimum Gasteiger partial charge on any atom is -0.496 e. The maximum Gasteiger partial charge on any atom is 0.251 e. The summed E-state index contributed by atoms with van der Waals surface area (Å²) in [6.45, 7) is 0.907. The Balaban J connectivity index is 2.01. The van der Waals surface area contributed by atoms with Crippen molar-refractivity contribution in [3.8, 4) is 5.75 Å². The smallest absolute Gasteiger partial charge is 0.251 e. The van der Waals surface area contributed by atoms with Crippen LogP contribution in [-0.2, 0) is 13.1 Å². The van der Waals surface area contributed by atoms with Gasteiger partial charge < -0.3 is 15.8 Å². The maximum absolute atomic E-state index is 12.0. The standard InChI is InChI=1S/C16H18N2O2/c1-20-15-5-3-2-4-14(15)11-18-16(19)13-8-6-12(10-17)7-9-13/h2-9H,10-11,17H2,1H3,(H,18,19). The van der Waals surface area contributed by atoms with E-state index in [0.717, 1.165) is 16.9 Å². The van der Waals surface area contributed by atoms with Crippen molar-refractivity contribution in [3.05, 3.63) is 65.2 Å². The lowest BCUT2D eigenvalue weighted by Gasteiger charge is -2.09. The van der Waals surface area contributed by atoms with Crippen molar-refractivity contribution < 1.29 is 9.53 Å². The van der Waals surface area contributed by atoms with E-state index in [0.29, 0.717) is 18.7 Å². The minimum absolute atomic E-state index is 0.112. The van der Waals surface area contributed by atoms with Gasteiger partial charge in [0.15, 0.2) is 0 Å². The Hall–Kier alpha value is -2.33. The second kappa shape index (κ2) is 6.73. The number of carbonyl (C=O) groups excluding carboxylic acids is 1. The van der Waals surface area contributed by atoms with Crippen LogP contribution in [0.2, 0.25) is 0 Å². The predicted molar refractivity (Wildman–Crippen MR) is 78.5 cm³/mol. The number of hydrogen-bond acceptors (Lipinski definition) is 3. The molecule has 0 saturated carbocycles. The molecule has 104 valence electrons. The Morgan fingerprint density at radius 3 is 2.50 bits per heavy atom. The molecule has 3 N–H and O–H groups in total. The van der Waals surface area contributed by atoms with E-state index in [4.69, 9.17) is 10.5 Å². The van der Waals surface area contributed by atoms with Gasteiger partial charge in [0.1, 0.15) is 5.75 Å². The van der Waals surface area contributed by atoms with Gasteiger partial charge >= 0.3 is 0 Å². The van der Waals surface area contributed by atoms with Gasteiger partial charge in [-0.2, -0.15) is 0 Å². The van der Waals surface area contributed by atoms with Crippen LogP contribution in [0.25, 0.3) is 0 Å². The molecule has 0 saturated heterocycles. The van der Waals surface area contributed by atoms with Gasteiger partial charge in [-0.3, -0.25) is 4.79 Å². The van der Waals surface area contributed by atoms with Crippen molar-refractivity contribution in [3.63, 3.8) is 0 Å². The van der Waals surface area contributed by atoms with E-state index >= 15 is 0 Å². The molecule has 0 atom stereocenters. The number of carbonyl (C=O) groups is 1. The fourth-order valence-corrected chi connectivity index (χ4v) is 1.92. The highest BCUT2D eigenvalue weighted by Gasteiger charge is 2.07. The largest absolute Gasteiger partial charge is 0.496 e. The Labute approximate surface area is 118 Å². The molecule has 0 aliphatic carbocycles. The third-order valence-electron chi connectivity index (χ3n) is 3.08.